The number of thiazole rings is 1. The second-order valence-corrected chi connectivity index (χ2v) is 8.82. The molecule has 1 aromatic heterocycles. The Kier molecular flexibility index (Phi) is 5.88. The molecule has 0 N–H and O–H groups in total. The zero-order valence-electron chi connectivity index (χ0n) is 16.5. The number of hydrogen-bond donors (Lipinski definition) is 0. The van der Waals surface area contributed by atoms with E-state index >= 15 is 0 Å². The molecule has 0 spiro atoms. The number of fused-ring (bicyclic) bond motifs is 1. The number of ether oxygens (including phenoxy) is 1. The predicted octanol–water partition coefficient (Wildman–Crippen LogP) is 5.24. The number of hydrogen-bond acceptors (Lipinski definition) is 4. The maximum absolute atomic E-state index is 13.0. The summed E-state index contributed by atoms with van der Waals surface area (Å²) in [5, 5.41) is 1.70. The van der Waals surface area contributed by atoms with Crippen molar-refractivity contribution in [2.75, 3.05) is 13.7 Å². The van der Waals surface area contributed by atoms with Gasteiger partial charge in [0.15, 0.2) is 0 Å². The largest absolute Gasteiger partial charge is 0.497 e. The fourth-order valence-electron chi connectivity index (χ4n) is 3.66. The number of benzene rings is 2. The van der Waals surface area contributed by atoms with Gasteiger partial charge in [0.1, 0.15) is 10.8 Å². The molecule has 1 aliphatic rings. The second kappa shape index (κ2) is 8.56. The van der Waals surface area contributed by atoms with Gasteiger partial charge in [-0.3, -0.25) is 4.79 Å². The molecule has 0 unspecified atom stereocenters. The van der Waals surface area contributed by atoms with E-state index in [4.69, 9.17) is 21.3 Å². The Morgan fingerprint density at radius 2 is 2.10 bits per heavy atom. The van der Waals surface area contributed by atoms with Crippen LogP contribution in [0.5, 0.6) is 5.75 Å². The number of halogens is 1. The molecule has 1 aliphatic heterocycles. The lowest BCUT2D eigenvalue weighted by Crippen LogP contribution is -2.39. The van der Waals surface area contributed by atoms with E-state index in [0.717, 1.165) is 39.0 Å². The minimum atomic E-state index is -0.109. The highest BCUT2D eigenvalue weighted by Crippen LogP contribution is 2.33. The van der Waals surface area contributed by atoms with Crippen molar-refractivity contribution in [2.24, 2.45) is 5.92 Å². The number of nitrogens with zero attached hydrogens (tertiary/aromatic N) is 2. The smallest absolute Gasteiger partial charge is 0.226 e. The van der Waals surface area contributed by atoms with Crippen molar-refractivity contribution in [3.05, 3.63) is 69.7 Å². The SMILES string of the molecule is COc1cccc(-c2nc3c(s2)CN(C(=O)[C@H](C)Cc2ccccc2Cl)CC3)c1. The van der Waals surface area contributed by atoms with E-state index in [0.29, 0.717) is 19.5 Å². The lowest BCUT2D eigenvalue weighted by molar-refractivity contribution is -0.135. The number of rotatable bonds is 5. The van der Waals surface area contributed by atoms with E-state index in [2.05, 4.69) is 0 Å². The van der Waals surface area contributed by atoms with E-state index in [1.165, 1.54) is 4.88 Å². The summed E-state index contributed by atoms with van der Waals surface area (Å²) in [4.78, 5) is 21.0. The topological polar surface area (TPSA) is 42.4 Å². The predicted molar refractivity (Wildman–Crippen MR) is 118 cm³/mol. The summed E-state index contributed by atoms with van der Waals surface area (Å²) in [7, 11) is 1.67. The first-order valence-electron chi connectivity index (χ1n) is 9.70. The maximum atomic E-state index is 13.0. The van der Waals surface area contributed by atoms with E-state index < -0.39 is 0 Å². The van der Waals surface area contributed by atoms with Crippen LogP contribution in [0.2, 0.25) is 5.02 Å². The molecular formula is C23H23ClN2O2S. The minimum Gasteiger partial charge on any atom is -0.497 e. The molecule has 150 valence electrons. The fourth-order valence-corrected chi connectivity index (χ4v) is 4.99. The molecule has 6 heteroatoms. The Bertz CT molecular complexity index is 1030. The second-order valence-electron chi connectivity index (χ2n) is 7.33. The highest BCUT2D eigenvalue weighted by Gasteiger charge is 2.27. The number of carbonyl (C=O) groups is 1. The summed E-state index contributed by atoms with van der Waals surface area (Å²) in [5.74, 6) is 0.884. The molecule has 0 bridgehead atoms. The van der Waals surface area contributed by atoms with E-state index in [1.807, 2.05) is 60.4 Å². The first-order chi connectivity index (χ1) is 14.0. The van der Waals surface area contributed by atoms with Gasteiger partial charge < -0.3 is 9.64 Å². The van der Waals surface area contributed by atoms with Gasteiger partial charge in [0.05, 0.1) is 19.3 Å². The van der Waals surface area contributed by atoms with E-state index in [1.54, 1.807) is 18.4 Å². The summed E-state index contributed by atoms with van der Waals surface area (Å²) < 4.78 is 5.33. The van der Waals surface area contributed by atoms with Gasteiger partial charge in [-0.2, -0.15) is 0 Å². The number of methoxy groups -OCH3 is 1. The van der Waals surface area contributed by atoms with Crippen molar-refractivity contribution >= 4 is 28.8 Å². The molecule has 2 heterocycles. The Labute approximate surface area is 180 Å². The molecule has 4 rings (SSSR count). The van der Waals surface area contributed by atoms with Gasteiger partial charge in [0.2, 0.25) is 5.91 Å². The number of carbonyl (C=O) groups excluding carboxylic acids is 1. The van der Waals surface area contributed by atoms with Crippen molar-refractivity contribution in [3.8, 4) is 16.3 Å². The van der Waals surface area contributed by atoms with Crippen LogP contribution in [0.1, 0.15) is 23.1 Å². The molecule has 0 radical (unpaired) electrons. The minimum absolute atomic E-state index is 0.109. The van der Waals surface area contributed by atoms with Crippen LogP contribution in [-0.4, -0.2) is 29.4 Å². The molecule has 2 aromatic carbocycles. The lowest BCUT2D eigenvalue weighted by Gasteiger charge is -2.28. The Morgan fingerprint density at radius 3 is 2.90 bits per heavy atom. The molecule has 0 aliphatic carbocycles. The summed E-state index contributed by atoms with van der Waals surface area (Å²) in [5.41, 5.74) is 3.18. The standard InChI is InChI=1S/C23H23ClN2O2S/c1-15(12-16-6-3-4-9-19(16)24)23(27)26-11-10-20-21(14-26)29-22(25-20)17-7-5-8-18(13-17)28-2/h3-9,13,15H,10-12,14H2,1-2H3/t15-/m1/s1. The summed E-state index contributed by atoms with van der Waals surface area (Å²) in [6, 6.07) is 15.7. The van der Waals surface area contributed by atoms with Crippen LogP contribution in [0.25, 0.3) is 10.6 Å². The van der Waals surface area contributed by atoms with Crippen LogP contribution in [0, 0.1) is 5.92 Å². The van der Waals surface area contributed by atoms with Gasteiger partial charge in [0, 0.05) is 34.3 Å². The zero-order chi connectivity index (χ0) is 20.4. The van der Waals surface area contributed by atoms with Gasteiger partial charge >= 0.3 is 0 Å². The highest BCUT2D eigenvalue weighted by molar-refractivity contribution is 7.15. The normalized spacial score (nSPS) is 14.4. The van der Waals surface area contributed by atoms with Gasteiger partial charge in [-0.25, -0.2) is 4.98 Å². The quantitative estimate of drug-likeness (QED) is 0.560. The third-order valence-electron chi connectivity index (χ3n) is 5.27. The third-order valence-corrected chi connectivity index (χ3v) is 6.77. The van der Waals surface area contributed by atoms with Crippen molar-refractivity contribution in [1.29, 1.82) is 0 Å². The van der Waals surface area contributed by atoms with Gasteiger partial charge in [-0.15, -0.1) is 11.3 Å². The molecule has 0 fully saturated rings. The molecule has 1 atom stereocenters. The monoisotopic (exact) mass is 426 g/mol. The van der Waals surface area contributed by atoms with Gasteiger partial charge in [0.25, 0.3) is 0 Å². The Morgan fingerprint density at radius 1 is 1.28 bits per heavy atom. The maximum Gasteiger partial charge on any atom is 0.226 e. The summed E-state index contributed by atoms with van der Waals surface area (Å²) in [6.45, 7) is 3.32. The Balaban J connectivity index is 1.47. The average Bonchev–Trinajstić information content (AvgIpc) is 3.18. The van der Waals surface area contributed by atoms with Gasteiger partial charge in [-0.05, 0) is 30.2 Å². The van der Waals surface area contributed by atoms with Crippen LogP contribution in [0.15, 0.2) is 48.5 Å². The highest BCUT2D eigenvalue weighted by atomic mass is 35.5. The first kappa shape index (κ1) is 19.9. The fraction of sp³-hybridized carbons (Fsp3) is 0.304. The van der Waals surface area contributed by atoms with Crippen LogP contribution in [-0.2, 0) is 24.2 Å². The number of amides is 1. The molecule has 3 aromatic rings. The lowest BCUT2D eigenvalue weighted by atomic mass is 9.99. The van der Waals surface area contributed by atoms with Crippen LogP contribution < -0.4 is 4.74 Å². The Hall–Kier alpha value is -2.37. The van der Waals surface area contributed by atoms with E-state index in [-0.39, 0.29) is 11.8 Å². The van der Waals surface area contributed by atoms with Crippen LogP contribution in [0.3, 0.4) is 0 Å². The van der Waals surface area contributed by atoms with Crippen LogP contribution >= 0.6 is 22.9 Å². The molecule has 4 nitrogen and oxygen atoms in total. The van der Waals surface area contributed by atoms with Crippen molar-refractivity contribution < 1.29 is 9.53 Å². The van der Waals surface area contributed by atoms with E-state index in [9.17, 15) is 4.79 Å². The average molecular weight is 427 g/mol. The molecule has 1 amide bonds. The molecule has 0 saturated heterocycles. The molecule has 0 saturated carbocycles. The summed E-state index contributed by atoms with van der Waals surface area (Å²) >= 11 is 7.93. The molecular weight excluding hydrogens is 404 g/mol. The third kappa shape index (κ3) is 4.31. The van der Waals surface area contributed by atoms with Gasteiger partial charge in [-0.1, -0.05) is 48.9 Å². The zero-order valence-corrected chi connectivity index (χ0v) is 18.1. The first-order valence-corrected chi connectivity index (χ1v) is 10.9. The van der Waals surface area contributed by atoms with Crippen molar-refractivity contribution in [3.63, 3.8) is 0 Å². The summed E-state index contributed by atoms with van der Waals surface area (Å²) in [6.07, 6.45) is 1.44. The van der Waals surface area contributed by atoms with Crippen LogP contribution in [0.4, 0.5) is 0 Å². The van der Waals surface area contributed by atoms with Crippen molar-refractivity contribution in [2.45, 2.75) is 26.3 Å². The number of aromatic nitrogens is 1. The molecule has 29 heavy (non-hydrogen) atoms. The van der Waals surface area contributed by atoms with Crippen molar-refractivity contribution in [1.82, 2.24) is 9.88 Å².